The fourth-order valence-corrected chi connectivity index (χ4v) is 2.66. The number of nitrogens with zero attached hydrogens (tertiary/aromatic N) is 1. The van der Waals surface area contributed by atoms with Gasteiger partial charge >= 0.3 is 0 Å². The van der Waals surface area contributed by atoms with Crippen molar-refractivity contribution in [3.05, 3.63) is 29.3 Å². The molecule has 1 heterocycles. The molecule has 1 saturated heterocycles. The predicted octanol–water partition coefficient (Wildman–Crippen LogP) is 2.49. The monoisotopic (exact) mass is 218 g/mol. The minimum Gasteiger partial charge on any atom is -0.369 e. The van der Waals surface area contributed by atoms with Gasteiger partial charge in [-0.3, -0.25) is 0 Å². The summed E-state index contributed by atoms with van der Waals surface area (Å²) in [7, 11) is 2.06. The van der Waals surface area contributed by atoms with Crippen LogP contribution in [-0.4, -0.2) is 25.7 Å². The van der Waals surface area contributed by atoms with Gasteiger partial charge in [-0.05, 0) is 45.4 Å². The number of nitrogens with one attached hydrogen (secondary N) is 1. The summed E-state index contributed by atoms with van der Waals surface area (Å²) in [6, 6.07) is 6.55. The van der Waals surface area contributed by atoms with Gasteiger partial charge in [0.1, 0.15) is 0 Å². The van der Waals surface area contributed by atoms with Gasteiger partial charge < -0.3 is 10.2 Å². The quantitative estimate of drug-likeness (QED) is 0.820. The highest BCUT2D eigenvalue weighted by Gasteiger charge is 2.33. The Bertz CT molecular complexity index is 366. The van der Waals surface area contributed by atoms with Crippen LogP contribution in [0.25, 0.3) is 0 Å². The molecule has 1 aromatic rings. The van der Waals surface area contributed by atoms with Crippen molar-refractivity contribution in [3.63, 3.8) is 0 Å². The molecule has 0 aromatic heterocycles. The van der Waals surface area contributed by atoms with Crippen LogP contribution >= 0.6 is 0 Å². The van der Waals surface area contributed by atoms with Crippen molar-refractivity contribution in [2.75, 3.05) is 25.0 Å². The van der Waals surface area contributed by atoms with Crippen LogP contribution in [0.5, 0.6) is 0 Å². The first-order valence-corrected chi connectivity index (χ1v) is 6.06. The Hall–Kier alpha value is -1.02. The molecule has 0 radical (unpaired) electrons. The van der Waals surface area contributed by atoms with E-state index in [1.54, 1.807) is 0 Å². The molecule has 1 N–H and O–H groups in total. The van der Waals surface area contributed by atoms with E-state index in [2.05, 4.69) is 56.2 Å². The molecule has 2 heteroatoms. The second-order valence-electron chi connectivity index (χ2n) is 5.22. The van der Waals surface area contributed by atoms with Gasteiger partial charge in [-0.25, -0.2) is 0 Å². The van der Waals surface area contributed by atoms with Crippen LogP contribution < -0.4 is 10.2 Å². The lowest BCUT2D eigenvalue weighted by Crippen LogP contribution is -2.42. The van der Waals surface area contributed by atoms with Crippen LogP contribution in [0.2, 0.25) is 0 Å². The van der Waals surface area contributed by atoms with E-state index < -0.39 is 0 Å². The predicted molar refractivity (Wildman–Crippen MR) is 70.2 cm³/mol. The van der Waals surface area contributed by atoms with Gasteiger partial charge in [0.25, 0.3) is 0 Å². The van der Waals surface area contributed by atoms with Crippen LogP contribution in [0.4, 0.5) is 5.69 Å². The highest BCUT2D eigenvalue weighted by atomic mass is 15.2. The Balaban J connectivity index is 2.27. The highest BCUT2D eigenvalue weighted by molar-refractivity contribution is 5.59. The molecule has 1 aromatic carbocycles. The Morgan fingerprint density at radius 3 is 2.38 bits per heavy atom. The number of rotatable bonds is 2. The van der Waals surface area contributed by atoms with Crippen molar-refractivity contribution >= 4 is 5.69 Å². The number of aryl methyl sites for hydroxylation is 2. The van der Waals surface area contributed by atoms with Crippen LogP contribution in [0.3, 0.4) is 0 Å². The maximum Gasteiger partial charge on any atom is 0.0426 e. The average molecular weight is 218 g/mol. The lowest BCUT2D eigenvalue weighted by molar-refractivity contribution is 0.428. The molecule has 88 valence electrons. The Morgan fingerprint density at radius 1 is 1.25 bits per heavy atom. The van der Waals surface area contributed by atoms with E-state index in [9.17, 15) is 0 Å². The maximum absolute atomic E-state index is 3.44. The molecule has 0 amide bonds. The summed E-state index contributed by atoms with van der Waals surface area (Å²) in [6.45, 7) is 8.98. The lowest BCUT2D eigenvalue weighted by atomic mass is 10.0. The summed E-state index contributed by atoms with van der Waals surface area (Å²) in [5.74, 6) is 0. The molecule has 2 rings (SSSR count). The Morgan fingerprint density at radius 2 is 1.88 bits per heavy atom. The average Bonchev–Trinajstić information content (AvgIpc) is 2.62. The molecule has 1 aliphatic rings. The second kappa shape index (κ2) is 4.10. The van der Waals surface area contributed by atoms with E-state index in [-0.39, 0.29) is 5.54 Å². The number of anilines is 1. The standard InChI is InChI=1S/C14H22N2/c1-11-6-5-7-12(2)13(11)16-9-8-14(3,10-16)15-4/h5-7,15H,8-10H2,1-4H3. The normalized spacial score (nSPS) is 25.1. The highest BCUT2D eigenvalue weighted by Crippen LogP contribution is 2.31. The van der Waals surface area contributed by atoms with Crippen molar-refractivity contribution in [1.29, 1.82) is 0 Å². The molecule has 0 spiro atoms. The minimum absolute atomic E-state index is 0.273. The summed E-state index contributed by atoms with van der Waals surface area (Å²) < 4.78 is 0. The van der Waals surface area contributed by atoms with Crippen molar-refractivity contribution in [1.82, 2.24) is 5.32 Å². The van der Waals surface area contributed by atoms with E-state index >= 15 is 0 Å². The maximum atomic E-state index is 3.44. The fraction of sp³-hybridized carbons (Fsp3) is 0.571. The molecule has 1 fully saturated rings. The van der Waals surface area contributed by atoms with Crippen LogP contribution in [0.1, 0.15) is 24.5 Å². The third-order valence-electron chi connectivity index (χ3n) is 3.83. The first kappa shape index (κ1) is 11.5. The second-order valence-corrected chi connectivity index (χ2v) is 5.22. The van der Waals surface area contributed by atoms with Gasteiger partial charge in [0.2, 0.25) is 0 Å². The van der Waals surface area contributed by atoms with Gasteiger partial charge in [0, 0.05) is 24.3 Å². The first-order chi connectivity index (χ1) is 7.56. The molecular weight excluding hydrogens is 196 g/mol. The molecule has 0 bridgehead atoms. The number of hydrogen-bond donors (Lipinski definition) is 1. The smallest absolute Gasteiger partial charge is 0.0426 e. The fourth-order valence-electron chi connectivity index (χ4n) is 2.66. The van der Waals surface area contributed by atoms with E-state index in [4.69, 9.17) is 0 Å². The van der Waals surface area contributed by atoms with Gasteiger partial charge in [0.05, 0.1) is 0 Å². The number of hydrogen-bond acceptors (Lipinski definition) is 2. The van der Waals surface area contributed by atoms with Gasteiger partial charge in [-0.2, -0.15) is 0 Å². The van der Waals surface area contributed by atoms with E-state index in [0.29, 0.717) is 0 Å². The zero-order valence-corrected chi connectivity index (χ0v) is 10.8. The largest absolute Gasteiger partial charge is 0.369 e. The van der Waals surface area contributed by atoms with Crippen molar-refractivity contribution in [3.8, 4) is 0 Å². The molecule has 1 atom stereocenters. The third kappa shape index (κ3) is 1.94. The molecule has 0 aliphatic carbocycles. The van der Waals surface area contributed by atoms with E-state index in [1.807, 2.05) is 0 Å². The van der Waals surface area contributed by atoms with Crippen LogP contribution in [0.15, 0.2) is 18.2 Å². The lowest BCUT2D eigenvalue weighted by Gasteiger charge is -2.27. The topological polar surface area (TPSA) is 15.3 Å². The van der Waals surface area contributed by atoms with Crippen LogP contribution in [-0.2, 0) is 0 Å². The molecule has 16 heavy (non-hydrogen) atoms. The third-order valence-corrected chi connectivity index (χ3v) is 3.83. The summed E-state index contributed by atoms with van der Waals surface area (Å²) in [6.07, 6.45) is 1.22. The number of likely N-dealkylation sites (N-methyl/N-ethyl adjacent to an activating group) is 1. The Kier molecular flexibility index (Phi) is 2.94. The molecule has 2 nitrogen and oxygen atoms in total. The van der Waals surface area contributed by atoms with E-state index in [1.165, 1.54) is 23.2 Å². The SMILES string of the molecule is CNC1(C)CCN(c2c(C)cccc2C)C1. The minimum atomic E-state index is 0.273. The number of benzene rings is 1. The summed E-state index contributed by atoms with van der Waals surface area (Å²) >= 11 is 0. The van der Waals surface area contributed by atoms with Gasteiger partial charge in [0.15, 0.2) is 0 Å². The number of para-hydroxylation sites is 1. The van der Waals surface area contributed by atoms with Crippen LogP contribution in [0, 0.1) is 13.8 Å². The Labute approximate surface area is 98.7 Å². The van der Waals surface area contributed by atoms with Gasteiger partial charge in [-0.1, -0.05) is 18.2 Å². The summed E-state index contributed by atoms with van der Waals surface area (Å²) in [4.78, 5) is 2.52. The molecular formula is C14H22N2. The first-order valence-electron chi connectivity index (χ1n) is 6.06. The van der Waals surface area contributed by atoms with Crippen molar-refractivity contribution in [2.24, 2.45) is 0 Å². The molecule has 1 aliphatic heterocycles. The zero-order valence-electron chi connectivity index (χ0n) is 10.8. The molecule has 1 unspecified atom stereocenters. The van der Waals surface area contributed by atoms with Crippen molar-refractivity contribution in [2.45, 2.75) is 32.7 Å². The summed E-state index contributed by atoms with van der Waals surface area (Å²) in [5.41, 5.74) is 4.48. The van der Waals surface area contributed by atoms with E-state index in [0.717, 1.165) is 13.1 Å². The molecule has 0 saturated carbocycles. The van der Waals surface area contributed by atoms with Crippen molar-refractivity contribution < 1.29 is 0 Å². The zero-order chi connectivity index (χ0) is 11.8. The summed E-state index contributed by atoms with van der Waals surface area (Å²) in [5, 5.41) is 3.44. The van der Waals surface area contributed by atoms with Gasteiger partial charge in [-0.15, -0.1) is 0 Å².